The third-order valence-electron chi connectivity index (χ3n) is 11.1. The average molecular weight is 413 g/mol. The van der Waals surface area contributed by atoms with Gasteiger partial charge in [-0.3, -0.25) is 0 Å². The number of hydrogen-bond acceptors (Lipinski definition) is 1. The number of fused-ring (bicyclic) bond motifs is 5. The van der Waals surface area contributed by atoms with Crippen molar-refractivity contribution in [3.8, 4) is 0 Å². The highest BCUT2D eigenvalue weighted by atomic mass is 16.3. The fourth-order valence-electron chi connectivity index (χ4n) is 8.69. The molecule has 3 fully saturated rings. The van der Waals surface area contributed by atoms with Crippen LogP contribution in [0.2, 0.25) is 0 Å². The summed E-state index contributed by atoms with van der Waals surface area (Å²) >= 11 is 0. The van der Waals surface area contributed by atoms with E-state index < -0.39 is 0 Å². The van der Waals surface area contributed by atoms with E-state index >= 15 is 0 Å². The highest BCUT2D eigenvalue weighted by Crippen LogP contribution is 2.67. The third-order valence-corrected chi connectivity index (χ3v) is 11.1. The van der Waals surface area contributed by atoms with Gasteiger partial charge in [-0.25, -0.2) is 0 Å². The molecule has 4 rings (SSSR count). The molecule has 1 nitrogen and oxygen atoms in total. The summed E-state index contributed by atoms with van der Waals surface area (Å²) in [6.45, 7) is 17.1. The molecule has 1 heteroatoms. The second-order valence-corrected chi connectivity index (χ2v) is 12.7. The highest BCUT2D eigenvalue weighted by molar-refractivity contribution is 5.28. The Kier molecular flexibility index (Phi) is 6.10. The van der Waals surface area contributed by atoms with Crippen LogP contribution in [0.3, 0.4) is 0 Å². The molecular weight excluding hydrogens is 364 g/mol. The lowest BCUT2D eigenvalue weighted by atomic mass is 9.46. The molecule has 4 aliphatic rings. The van der Waals surface area contributed by atoms with Crippen LogP contribution in [-0.4, -0.2) is 11.2 Å². The highest BCUT2D eigenvalue weighted by Gasteiger charge is 2.59. The molecule has 0 heterocycles. The normalized spacial score (nSPS) is 47.4. The molecule has 0 aromatic carbocycles. The zero-order chi connectivity index (χ0) is 21.8. The molecule has 0 unspecified atom stereocenters. The smallest absolute Gasteiger partial charge is 0.0568 e. The Hall–Kier alpha value is -0.560. The van der Waals surface area contributed by atoms with E-state index in [-0.39, 0.29) is 6.10 Å². The maximum Gasteiger partial charge on any atom is 0.0568 e. The topological polar surface area (TPSA) is 20.2 Å². The number of hydrogen-bond donors (Lipinski definition) is 1. The van der Waals surface area contributed by atoms with Crippen LogP contribution in [0.1, 0.15) is 99.8 Å². The van der Waals surface area contributed by atoms with E-state index in [0.29, 0.717) is 28.6 Å². The van der Waals surface area contributed by atoms with Crippen LogP contribution >= 0.6 is 0 Å². The molecule has 4 aliphatic carbocycles. The van der Waals surface area contributed by atoms with Crippen molar-refractivity contribution in [3.63, 3.8) is 0 Å². The van der Waals surface area contributed by atoms with Gasteiger partial charge >= 0.3 is 0 Å². The second-order valence-electron chi connectivity index (χ2n) is 12.7. The number of aliphatic hydroxyl groups excluding tert-OH is 1. The molecule has 0 radical (unpaired) electrons. The molecule has 3 saturated carbocycles. The summed E-state index contributed by atoms with van der Waals surface area (Å²) in [5, 5.41) is 10.5. The minimum atomic E-state index is -0.0778. The van der Waals surface area contributed by atoms with Crippen LogP contribution in [0, 0.1) is 52.3 Å². The quantitative estimate of drug-likeness (QED) is 0.467. The van der Waals surface area contributed by atoms with Crippen LogP contribution in [0.25, 0.3) is 0 Å². The Morgan fingerprint density at radius 1 is 1.07 bits per heavy atom. The lowest BCUT2D eigenvalue weighted by Crippen LogP contribution is -2.52. The average Bonchev–Trinajstić information content (AvgIpc) is 3.06. The fourth-order valence-corrected chi connectivity index (χ4v) is 8.69. The maximum atomic E-state index is 10.5. The molecule has 0 aromatic rings. The van der Waals surface area contributed by atoms with Crippen molar-refractivity contribution in [2.45, 2.75) is 106 Å². The lowest BCUT2D eigenvalue weighted by Gasteiger charge is -2.59. The largest absolute Gasteiger partial charge is 0.393 e. The molecule has 0 spiro atoms. The van der Waals surface area contributed by atoms with E-state index in [0.717, 1.165) is 30.1 Å². The first-order valence-corrected chi connectivity index (χ1v) is 13.1. The van der Waals surface area contributed by atoms with Crippen molar-refractivity contribution >= 4 is 0 Å². The van der Waals surface area contributed by atoms with Gasteiger partial charge in [0.25, 0.3) is 0 Å². The number of aliphatic hydroxyl groups is 1. The van der Waals surface area contributed by atoms with Crippen molar-refractivity contribution in [1.82, 2.24) is 0 Å². The Morgan fingerprint density at radius 3 is 2.43 bits per heavy atom. The Balaban J connectivity index is 1.55. The van der Waals surface area contributed by atoms with Gasteiger partial charge in [0.2, 0.25) is 0 Å². The molecule has 170 valence electrons. The summed E-state index contributed by atoms with van der Waals surface area (Å²) < 4.78 is 0. The van der Waals surface area contributed by atoms with Gasteiger partial charge < -0.3 is 5.11 Å². The summed E-state index contributed by atoms with van der Waals surface area (Å²) in [5.41, 5.74) is 4.34. The first kappa shape index (κ1) is 22.6. The number of allylic oxidation sites excluding steroid dienone is 4. The molecule has 0 bridgehead atoms. The monoisotopic (exact) mass is 412 g/mol. The van der Waals surface area contributed by atoms with Crippen molar-refractivity contribution in [3.05, 3.63) is 23.3 Å². The zero-order valence-electron chi connectivity index (χ0n) is 20.9. The third kappa shape index (κ3) is 3.46. The molecule has 0 aromatic heterocycles. The number of rotatable bonds is 4. The van der Waals surface area contributed by atoms with E-state index in [9.17, 15) is 5.11 Å². The van der Waals surface area contributed by atoms with Gasteiger partial charge in [0.1, 0.15) is 0 Å². The summed E-state index contributed by atoms with van der Waals surface area (Å²) in [4.78, 5) is 0. The predicted octanol–water partition coefficient (Wildman–Crippen LogP) is 7.80. The van der Waals surface area contributed by atoms with Crippen molar-refractivity contribution in [2.75, 3.05) is 0 Å². The Bertz CT molecular complexity index is 701. The van der Waals surface area contributed by atoms with Crippen LogP contribution in [0.5, 0.6) is 0 Å². The van der Waals surface area contributed by atoms with E-state index in [1.165, 1.54) is 44.9 Å². The van der Waals surface area contributed by atoms with Crippen molar-refractivity contribution < 1.29 is 5.11 Å². The van der Waals surface area contributed by atoms with Gasteiger partial charge in [0.05, 0.1) is 6.10 Å². The Labute approximate surface area is 186 Å². The predicted molar refractivity (Wildman–Crippen MR) is 128 cm³/mol. The van der Waals surface area contributed by atoms with Crippen LogP contribution in [0.15, 0.2) is 23.3 Å². The maximum absolute atomic E-state index is 10.5. The lowest BCUT2D eigenvalue weighted by molar-refractivity contribution is -0.0772. The van der Waals surface area contributed by atoms with Crippen LogP contribution in [-0.2, 0) is 0 Å². The van der Waals surface area contributed by atoms with E-state index in [1.807, 2.05) is 5.57 Å². The van der Waals surface area contributed by atoms with Crippen molar-refractivity contribution in [2.24, 2.45) is 52.3 Å². The van der Waals surface area contributed by atoms with E-state index in [4.69, 9.17) is 0 Å². The molecule has 0 aliphatic heterocycles. The minimum Gasteiger partial charge on any atom is -0.393 e. The SMILES string of the molecule is C/C(=C\C[C@@H](C)[C@H]1CC[C@H]2C3=CC[C@H]4[C@H](C)[C@@H](O)CC[C@]4(C)[C@H]3CC[C@]12C)C(C)C. The zero-order valence-corrected chi connectivity index (χ0v) is 20.9. The van der Waals surface area contributed by atoms with Crippen LogP contribution in [0.4, 0.5) is 0 Å². The summed E-state index contributed by atoms with van der Waals surface area (Å²) in [5.74, 6) is 5.08. The molecule has 0 amide bonds. The van der Waals surface area contributed by atoms with Gasteiger partial charge in [0.15, 0.2) is 0 Å². The van der Waals surface area contributed by atoms with Crippen molar-refractivity contribution in [1.29, 1.82) is 0 Å². The molecule has 30 heavy (non-hydrogen) atoms. The van der Waals surface area contributed by atoms with E-state index in [1.54, 1.807) is 5.57 Å². The molecule has 0 saturated heterocycles. The van der Waals surface area contributed by atoms with Gasteiger partial charge in [-0.15, -0.1) is 0 Å². The Morgan fingerprint density at radius 2 is 1.73 bits per heavy atom. The minimum absolute atomic E-state index is 0.0778. The van der Waals surface area contributed by atoms with Gasteiger partial charge in [-0.05, 0) is 111 Å². The van der Waals surface area contributed by atoms with Crippen LogP contribution < -0.4 is 0 Å². The summed E-state index contributed by atoms with van der Waals surface area (Å²) in [6.07, 6.45) is 15.5. The first-order valence-electron chi connectivity index (χ1n) is 13.1. The van der Waals surface area contributed by atoms with Gasteiger partial charge in [0, 0.05) is 0 Å². The van der Waals surface area contributed by atoms with Gasteiger partial charge in [-0.2, -0.15) is 0 Å². The molecule has 1 N–H and O–H groups in total. The summed E-state index contributed by atoms with van der Waals surface area (Å²) in [7, 11) is 0. The van der Waals surface area contributed by atoms with Gasteiger partial charge in [-0.1, -0.05) is 64.8 Å². The fraction of sp³-hybridized carbons (Fsp3) is 0.862. The molecule has 9 atom stereocenters. The first-order chi connectivity index (χ1) is 14.1. The summed E-state index contributed by atoms with van der Waals surface area (Å²) in [6, 6.07) is 0. The second kappa shape index (κ2) is 8.09. The standard InChI is InChI=1S/C29H48O/c1-18(2)19(3)8-9-20(4)23-12-13-25-22-10-11-24-21(5)27(30)15-17-29(24,7)26(22)14-16-28(23,25)6/h8,10,18,20-21,23-27,30H,9,11-17H2,1-7H3/b19-8+/t20-,21+,23-,24+,25+,26+,27+,28-,29+/m1/s1. The molecular formula is C29H48O. The van der Waals surface area contributed by atoms with E-state index in [2.05, 4.69) is 60.6 Å².